The lowest BCUT2D eigenvalue weighted by atomic mass is 9.30. The monoisotopic (exact) mass is 646 g/mol. The lowest BCUT2D eigenvalue weighted by molar-refractivity contribution is -0.459. The molecule has 0 spiro atoms. The van der Waals surface area contributed by atoms with Gasteiger partial charge in [0.25, 0.3) is 0 Å². The van der Waals surface area contributed by atoms with Gasteiger partial charge in [-0.25, -0.2) is 9.59 Å². The number of rotatable bonds is 18. The predicted octanol–water partition coefficient (Wildman–Crippen LogP) is 1.44. The summed E-state index contributed by atoms with van der Waals surface area (Å²) in [5.41, 5.74) is -6.45. The summed E-state index contributed by atoms with van der Waals surface area (Å²) < 4.78 is 21.2. The van der Waals surface area contributed by atoms with E-state index in [0.29, 0.717) is 13.2 Å². The minimum Gasteiger partial charge on any atom is -0.460 e. The Hall–Kier alpha value is -2.94. The van der Waals surface area contributed by atoms with Gasteiger partial charge in [0.2, 0.25) is 0 Å². The Bertz CT molecular complexity index is 1300. The van der Waals surface area contributed by atoms with E-state index in [1.807, 2.05) is 13.8 Å². The third kappa shape index (κ3) is 6.20. The summed E-state index contributed by atoms with van der Waals surface area (Å²) in [4.78, 5) is 24.9. The maximum absolute atomic E-state index is 12.5. The largest absolute Gasteiger partial charge is 0.460 e. The Labute approximate surface area is 268 Å². The molecule has 7 atom stereocenters. The Morgan fingerprint density at radius 2 is 1.20 bits per heavy atom. The van der Waals surface area contributed by atoms with Crippen LogP contribution < -0.4 is 0 Å². The molecule has 0 aromatic heterocycles. The third-order valence-corrected chi connectivity index (χ3v) is 9.19. The third-order valence-electron chi connectivity index (χ3n) is 9.19. The molecule has 12 heteroatoms. The molecular formula is C34H46O12. The first-order chi connectivity index (χ1) is 22.0. The molecule has 2 saturated carbocycles. The van der Waals surface area contributed by atoms with Gasteiger partial charge in [-0.15, -0.1) is 0 Å². The van der Waals surface area contributed by atoms with Crippen molar-refractivity contribution in [2.45, 2.75) is 80.4 Å². The molecule has 2 aliphatic rings. The highest BCUT2D eigenvalue weighted by Crippen LogP contribution is 2.75. The average molecular weight is 647 g/mol. The predicted molar refractivity (Wildman–Crippen MR) is 164 cm³/mol. The number of unbranched alkanes of at least 4 members (excludes halogenated alkanes) is 2. The van der Waals surface area contributed by atoms with Gasteiger partial charge in [-0.05, 0) is 48.2 Å². The lowest BCUT2D eigenvalue weighted by Crippen LogP contribution is -2.99. The van der Waals surface area contributed by atoms with Crippen molar-refractivity contribution in [2.24, 2.45) is 0 Å². The number of aliphatic hydroxyl groups excluding tert-OH is 3. The summed E-state index contributed by atoms with van der Waals surface area (Å²) >= 11 is 0. The summed E-state index contributed by atoms with van der Waals surface area (Å²) in [6.07, 6.45) is 0.278. The van der Waals surface area contributed by atoms with Crippen LogP contribution in [-0.2, 0) is 18.9 Å². The number of aliphatic hydroxyl groups is 6. The first-order valence-corrected chi connectivity index (χ1v) is 15.9. The molecule has 0 bridgehead atoms. The zero-order chi connectivity index (χ0) is 33.5. The van der Waals surface area contributed by atoms with Crippen molar-refractivity contribution in [1.82, 2.24) is 0 Å². The molecule has 2 aromatic carbocycles. The second-order valence-electron chi connectivity index (χ2n) is 11.9. The van der Waals surface area contributed by atoms with E-state index in [1.54, 1.807) is 0 Å². The van der Waals surface area contributed by atoms with E-state index in [-0.39, 0.29) is 48.7 Å². The second-order valence-corrected chi connectivity index (χ2v) is 11.9. The van der Waals surface area contributed by atoms with Gasteiger partial charge >= 0.3 is 11.9 Å². The molecule has 3 unspecified atom stereocenters. The van der Waals surface area contributed by atoms with Crippen molar-refractivity contribution in [2.75, 3.05) is 46.2 Å². The van der Waals surface area contributed by atoms with E-state index >= 15 is 0 Å². The number of esters is 2. The van der Waals surface area contributed by atoms with Crippen molar-refractivity contribution in [3.63, 3.8) is 0 Å². The Balaban J connectivity index is 1.47. The van der Waals surface area contributed by atoms with Crippen LogP contribution in [0.25, 0.3) is 0 Å². The standard InChI is InChI=1S/C34H46O12/c1-3-5-15-43-17-19-45-30(38)24-11-7-22(8-12-24)27-29(37)33(41)28(32(40,26(36)21-35)34(27,33)42)23-9-13-25(14-10-23)31(39)46-20-18-44-16-6-4-2/h7-14,26-29,35-37,40-42H,3-6,15-21H2,1-2H3/t26-,27?,28?,29?,32+,33+,34+/m1/s1. The quantitative estimate of drug-likeness (QED) is 0.101. The van der Waals surface area contributed by atoms with Crippen LogP contribution in [0.5, 0.6) is 0 Å². The van der Waals surface area contributed by atoms with Crippen molar-refractivity contribution in [3.8, 4) is 0 Å². The molecule has 0 heterocycles. The smallest absolute Gasteiger partial charge is 0.338 e. The molecule has 12 nitrogen and oxygen atoms in total. The SMILES string of the molecule is CCCCOCCOC(=O)c1ccc(C2C(O)[C@@]3(O)C(c4ccc(C(=O)OCCOCCCC)cc4)[C@@](O)([C@H](O)CO)[C@@]23O)cc1. The van der Waals surface area contributed by atoms with Crippen LogP contribution in [0, 0.1) is 0 Å². The average Bonchev–Trinajstić information content (AvgIpc) is 3.07. The molecule has 0 amide bonds. The van der Waals surface area contributed by atoms with Crippen molar-refractivity contribution in [3.05, 3.63) is 70.8 Å². The fourth-order valence-electron chi connectivity index (χ4n) is 6.70. The topological polar surface area (TPSA) is 192 Å². The van der Waals surface area contributed by atoms with Crippen LogP contribution in [0.2, 0.25) is 0 Å². The van der Waals surface area contributed by atoms with E-state index in [4.69, 9.17) is 18.9 Å². The van der Waals surface area contributed by atoms with Crippen molar-refractivity contribution in [1.29, 1.82) is 0 Å². The number of ether oxygens (including phenoxy) is 4. The lowest BCUT2D eigenvalue weighted by Gasteiger charge is -2.80. The van der Waals surface area contributed by atoms with E-state index in [9.17, 15) is 40.2 Å². The Morgan fingerprint density at radius 1 is 0.739 bits per heavy atom. The van der Waals surface area contributed by atoms with Gasteiger partial charge in [0.15, 0.2) is 0 Å². The summed E-state index contributed by atoms with van der Waals surface area (Å²) in [5.74, 6) is -3.94. The molecule has 6 N–H and O–H groups in total. The number of carbonyl (C=O) groups excluding carboxylic acids is 2. The van der Waals surface area contributed by atoms with E-state index in [1.165, 1.54) is 48.5 Å². The molecule has 2 aliphatic carbocycles. The van der Waals surface area contributed by atoms with Gasteiger partial charge in [-0.1, -0.05) is 51.0 Å². The van der Waals surface area contributed by atoms with Gasteiger partial charge in [-0.2, -0.15) is 0 Å². The van der Waals surface area contributed by atoms with Crippen molar-refractivity contribution < 1.29 is 59.2 Å². The van der Waals surface area contributed by atoms with Gasteiger partial charge in [0.05, 0.1) is 43.0 Å². The molecule has 0 radical (unpaired) electrons. The molecule has 2 fully saturated rings. The zero-order valence-electron chi connectivity index (χ0n) is 26.3. The number of carbonyl (C=O) groups is 2. The Morgan fingerprint density at radius 3 is 1.63 bits per heavy atom. The zero-order valence-corrected chi connectivity index (χ0v) is 26.3. The normalized spacial score (nSPS) is 28.8. The highest BCUT2D eigenvalue weighted by Gasteiger charge is 2.93. The van der Waals surface area contributed by atoms with Crippen LogP contribution in [0.4, 0.5) is 0 Å². The van der Waals surface area contributed by atoms with Crippen LogP contribution in [0.3, 0.4) is 0 Å². The number of hydrogen-bond acceptors (Lipinski definition) is 12. The van der Waals surface area contributed by atoms with Gasteiger partial charge in [-0.3, -0.25) is 0 Å². The molecule has 46 heavy (non-hydrogen) atoms. The first kappa shape index (κ1) is 35.9. The summed E-state index contributed by atoms with van der Waals surface area (Å²) in [7, 11) is 0. The molecule has 2 aromatic rings. The van der Waals surface area contributed by atoms with Gasteiger partial charge in [0.1, 0.15) is 36.1 Å². The number of hydrogen-bond donors (Lipinski definition) is 6. The highest BCUT2D eigenvalue weighted by atomic mass is 16.6. The summed E-state index contributed by atoms with van der Waals surface area (Å²) in [6, 6.07) is 11.4. The van der Waals surface area contributed by atoms with Crippen molar-refractivity contribution >= 4 is 11.9 Å². The molecule has 4 rings (SSSR count). The molecule has 0 aliphatic heterocycles. The number of benzene rings is 2. The summed E-state index contributed by atoms with van der Waals surface area (Å²) in [6.45, 7) is 4.93. The van der Waals surface area contributed by atoms with Crippen LogP contribution >= 0.6 is 0 Å². The maximum atomic E-state index is 12.5. The minimum atomic E-state index is -2.51. The molecule has 254 valence electrons. The summed E-state index contributed by atoms with van der Waals surface area (Å²) in [5, 5.41) is 67.2. The fourth-order valence-corrected chi connectivity index (χ4v) is 6.70. The van der Waals surface area contributed by atoms with Gasteiger partial charge in [0, 0.05) is 19.1 Å². The van der Waals surface area contributed by atoms with E-state index < -0.39 is 59.4 Å². The van der Waals surface area contributed by atoms with E-state index in [0.717, 1.165) is 25.7 Å². The molecular weight excluding hydrogens is 600 g/mol. The first-order valence-electron chi connectivity index (χ1n) is 15.9. The number of fused-ring (bicyclic) bond motifs is 1. The minimum absolute atomic E-state index is 0.0615. The Kier molecular flexibility index (Phi) is 11.9. The van der Waals surface area contributed by atoms with Crippen LogP contribution in [0.15, 0.2) is 48.5 Å². The highest BCUT2D eigenvalue weighted by molar-refractivity contribution is 5.90. The maximum Gasteiger partial charge on any atom is 0.338 e. The van der Waals surface area contributed by atoms with E-state index in [2.05, 4.69) is 0 Å². The molecule has 0 saturated heterocycles. The van der Waals surface area contributed by atoms with Gasteiger partial charge < -0.3 is 49.6 Å². The second kappa shape index (κ2) is 15.3. The fraction of sp³-hybridized carbons (Fsp3) is 0.588. The van der Waals surface area contributed by atoms with Crippen LogP contribution in [0.1, 0.15) is 83.2 Å². The van der Waals surface area contributed by atoms with Crippen LogP contribution in [-0.4, -0.2) is 118 Å².